The van der Waals surface area contributed by atoms with E-state index in [9.17, 15) is 9.59 Å². The van der Waals surface area contributed by atoms with Crippen LogP contribution in [0.25, 0.3) is 0 Å². The summed E-state index contributed by atoms with van der Waals surface area (Å²) in [5.74, 6) is -0.344. The summed E-state index contributed by atoms with van der Waals surface area (Å²) in [6.45, 7) is 0.504. The van der Waals surface area contributed by atoms with Crippen molar-refractivity contribution in [1.82, 2.24) is 10.2 Å². The molecule has 0 saturated carbocycles. The van der Waals surface area contributed by atoms with Gasteiger partial charge in [-0.1, -0.05) is 0 Å². The molecule has 2 amide bonds. The summed E-state index contributed by atoms with van der Waals surface area (Å²) >= 11 is 1.39. The molecule has 1 N–H and O–H groups in total. The van der Waals surface area contributed by atoms with Gasteiger partial charge in [-0.15, -0.1) is 11.3 Å². The van der Waals surface area contributed by atoms with Crippen molar-refractivity contribution >= 4 is 23.2 Å². The Bertz CT molecular complexity index is 503. The van der Waals surface area contributed by atoms with Crippen LogP contribution < -0.4 is 5.32 Å². The molecule has 1 atom stereocenters. The van der Waals surface area contributed by atoms with E-state index in [2.05, 4.69) is 11.4 Å². The number of amides is 2. The Balaban J connectivity index is 1.93. The van der Waals surface area contributed by atoms with Crippen LogP contribution in [-0.2, 0) is 16.1 Å². The molecule has 0 aliphatic carbocycles. The van der Waals surface area contributed by atoms with E-state index < -0.39 is 6.04 Å². The summed E-state index contributed by atoms with van der Waals surface area (Å²) in [7, 11) is 1.49. The number of carbonyl (C=O) groups is 2. The number of imide groups is 1. The zero-order valence-corrected chi connectivity index (χ0v) is 10.1. The van der Waals surface area contributed by atoms with Gasteiger partial charge in [0.05, 0.1) is 12.5 Å². The number of carbonyl (C=O) groups excluding carboxylic acids is 2. The van der Waals surface area contributed by atoms with Crippen molar-refractivity contribution in [3.63, 3.8) is 0 Å². The van der Waals surface area contributed by atoms with Crippen LogP contribution in [0.5, 0.6) is 0 Å². The van der Waals surface area contributed by atoms with Gasteiger partial charge in [0.1, 0.15) is 10.9 Å². The molecule has 0 spiro atoms. The van der Waals surface area contributed by atoms with Crippen LogP contribution in [0.2, 0.25) is 0 Å². The maximum atomic E-state index is 11.6. The molecule has 1 aliphatic rings. The van der Waals surface area contributed by atoms with Gasteiger partial charge in [0.15, 0.2) is 0 Å². The van der Waals surface area contributed by atoms with Gasteiger partial charge in [-0.2, -0.15) is 5.26 Å². The van der Waals surface area contributed by atoms with Crippen LogP contribution in [-0.4, -0.2) is 29.8 Å². The molecule has 6 heteroatoms. The average Bonchev–Trinajstić information content (AvgIpc) is 2.88. The van der Waals surface area contributed by atoms with Crippen molar-refractivity contribution in [2.75, 3.05) is 7.05 Å². The predicted octanol–water partition coefficient (Wildman–Crippen LogP) is 0.467. The zero-order chi connectivity index (χ0) is 12.4. The van der Waals surface area contributed by atoms with Crippen LogP contribution in [0, 0.1) is 11.3 Å². The number of likely N-dealkylation sites (N-methyl/N-ethyl adjacent to an activating group) is 1. The van der Waals surface area contributed by atoms with Crippen molar-refractivity contribution in [1.29, 1.82) is 5.26 Å². The number of nitriles is 1. The molecule has 0 bridgehead atoms. The normalized spacial score (nSPS) is 19.8. The quantitative estimate of drug-likeness (QED) is 0.790. The van der Waals surface area contributed by atoms with Crippen LogP contribution >= 0.6 is 11.3 Å². The van der Waals surface area contributed by atoms with E-state index in [-0.39, 0.29) is 18.2 Å². The Kier molecular flexibility index (Phi) is 3.22. The maximum Gasteiger partial charge on any atom is 0.246 e. The number of nitrogens with one attached hydrogen (secondary N) is 1. The van der Waals surface area contributed by atoms with Crippen molar-refractivity contribution in [2.45, 2.75) is 19.0 Å². The van der Waals surface area contributed by atoms with Crippen LogP contribution in [0.3, 0.4) is 0 Å². The van der Waals surface area contributed by atoms with Gasteiger partial charge in [-0.3, -0.25) is 14.5 Å². The fourth-order valence-electron chi connectivity index (χ4n) is 1.67. The van der Waals surface area contributed by atoms with Crippen LogP contribution in [0.15, 0.2) is 12.1 Å². The fraction of sp³-hybridized carbons (Fsp3) is 0.364. The van der Waals surface area contributed by atoms with Crippen molar-refractivity contribution < 1.29 is 9.59 Å². The summed E-state index contributed by atoms with van der Waals surface area (Å²) in [6, 6.07) is 5.22. The second-order valence-corrected chi connectivity index (χ2v) is 4.97. The van der Waals surface area contributed by atoms with E-state index in [0.29, 0.717) is 11.4 Å². The van der Waals surface area contributed by atoms with Crippen LogP contribution in [0.4, 0.5) is 0 Å². The Morgan fingerprint density at radius 1 is 1.59 bits per heavy atom. The molecule has 88 valence electrons. The molecule has 5 nitrogen and oxygen atoms in total. The molecule has 1 aliphatic heterocycles. The first-order valence-corrected chi connectivity index (χ1v) is 5.96. The first-order chi connectivity index (χ1) is 8.11. The fourth-order valence-corrected chi connectivity index (χ4v) is 2.43. The molecule has 1 aromatic heterocycles. The lowest BCUT2D eigenvalue weighted by Crippen LogP contribution is -2.36. The molecule has 17 heavy (non-hydrogen) atoms. The summed E-state index contributed by atoms with van der Waals surface area (Å²) in [6.07, 6.45) is 0.214. The monoisotopic (exact) mass is 249 g/mol. The van der Waals surface area contributed by atoms with E-state index in [1.54, 1.807) is 6.07 Å². The number of hydrogen-bond acceptors (Lipinski definition) is 5. The molecule has 2 heterocycles. The second kappa shape index (κ2) is 4.65. The molecular formula is C11H11N3O2S. The van der Waals surface area contributed by atoms with Crippen LogP contribution in [0.1, 0.15) is 16.2 Å². The third kappa shape index (κ3) is 2.35. The summed E-state index contributed by atoms with van der Waals surface area (Å²) in [4.78, 5) is 25.6. The van der Waals surface area contributed by atoms with E-state index in [4.69, 9.17) is 5.26 Å². The minimum absolute atomic E-state index is 0.156. The maximum absolute atomic E-state index is 11.6. The number of rotatable bonds is 3. The Morgan fingerprint density at radius 3 is 2.88 bits per heavy atom. The predicted molar refractivity (Wildman–Crippen MR) is 62.1 cm³/mol. The molecule has 1 fully saturated rings. The van der Waals surface area contributed by atoms with Gasteiger partial charge in [0.2, 0.25) is 11.8 Å². The Hall–Kier alpha value is -1.71. The lowest BCUT2D eigenvalue weighted by Gasteiger charge is -2.09. The average molecular weight is 249 g/mol. The molecule has 1 aromatic rings. The largest absolute Gasteiger partial charge is 0.300 e. The minimum Gasteiger partial charge on any atom is -0.300 e. The topological polar surface area (TPSA) is 73.2 Å². The molecule has 1 unspecified atom stereocenters. The van der Waals surface area contributed by atoms with Crippen molar-refractivity contribution in [2.24, 2.45) is 0 Å². The van der Waals surface area contributed by atoms with Gasteiger partial charge in [0.25, 0.3) is 0 Å². The lowest BCUT2D eigenvalue weighted by atomic mass is 10.2. The molecule has 0 aromatic carbocycles. The molecule has 1 saturated heterocycles. The summed E-state index contributed by atoms with van der Waals surface area (Å²) in [5.41, 5.74) is 0. The van der Waals surface area contributed by atoms with E-state index >= 15 is 0 Å². The summed E-state index contributed by atoms with van der Waals surface area (Å²) in [5, 5.41) is 11.7. The van der Waals surface area contributed by atoms with Gasteiger partial charge >= 0.3 is 0 Å². The second-order valence-electron chi connectivity index (χ2n) is 3.81. The highest BCUT2D eigenvalue weighted by Crippen LogP contribution is 2.16. The van der Waals surface area contributed by atoms with Crippen molar-refractivity contribution in [3.05, 3.63) is 21.9 Å². The number of nitrogens with zero attached hydrogens (tertiary/aromatic N) is 2. The van der Waals surface area contributed by atoms with Gasteiger partial charge in [-0.25, -0.2) is 0 Å². The highest BCUT2D eigenvalue weighted by molar-refractivity contribution is 7.12. The smallest absolute Gasteiger partial charge is 0.246 e. The van der Waals surface area contributed by atoms with E-state index in [0.717, 1.165) is 9.78 Å². The molecular weight excluding hydrogens is 238 g/mol. The lowest BCUT2D eigenvalue weighted by molar-refractivity contribution is -0.137. The SMILES string of the molecule is CN1C(=O)CC(NCc2ccc(C#N)s2)C1=O. The van der Waals surface area contributed by atoms with E-state index in [1.807, 2.05) is 6.07 Å². The van der Waals surface area contributed by atoms with Gasteiger partial charge < -0.3 is 5.32 Å². The standard InChI is InChI=1S/C11H11N3O2S/c1-14-10(15)4-9(11(14)16)13-6-8-3-2-7(5-12)17-8/h2-3,9,13H,4,6H2,1H3. The highest BCUT2D eigenvalue weighted by atomic mass is 32.1. The highest BCUT2D eigenvalue weighted by Gasteiger charge is 2.35. The van der Waals surface area contributed by atoms with E-state index in [1.165, 1.54) is 18.4 Å². The Labute approximate surface area is 103 Å². The Morgan fingerprint density at radius 2 is 2.35 bits per heavy atom. The third-order valence-corrected chi connectivity index (χ3v) is 3.67. The number of hydrogen-bond donors (Lipinski definition) is 1. The summed E-state index contributed by atoms with van der Waals surface area (Å²) < 4.78 is 0. The first kappa shape index (κ1) is 11.8. The first-order valence-electron chi connectivity index (χ1n) is 5.14. The molecule has 0 radical (unpaired) electrons. The van der Waals surface area contributed by atoms with Gasteiger partial charge in [-0.05, 0) is 12.1 Å². The molecule has 2 rings (SSSR count). The zero-order valence-electron chi connectivity index (χ0n) is 9.27. The van der Waals surface area contributed by atoms with Gasteiger partial charge in [0, 0.05) is 18.5 Å². The number of likely N-dealkylation sites (tertiary alicyclic amines) is 1. The number of thiophene rings is 1. The third-order valence-electron chi connectivity index (χ3n) is 2.68. The minimum atomic E-state index is -0.430. The van der Waals surface area contributed by atoms with Crippen molar-refractivity contribution in [3.8, 4) is 6.07 Å².